The Hall–Kier alpha value is -2.05. The average Bonchev–Trinajstić information content (AvgIpc) is 2.77. The Morgan fingerprint density at radius 3 is 1.86 bits per heavy atom. The van der Waals surface area contributed by atoms with Gasteiger partial charge in [-0.15, -0.1) is 0 Å². The molecule has 2 fully saturated rings. The lowest BCUT2D eigenvalue weighted by molar-refractivity contribution is -0.260. The van der Waals surface area contributed by atoms with Crippen LogP contribution in [0.2, 0.25) is 0 Å². The third-order valence-corrected chi connectivity index (χ3v) is 6.19. The number of carbonyl (C=O) groups excluding carboxylic acids is 4. The van der Waals surface area contributed by atoms with Gasteiger partial charge in [0.05, 0.1) is 12.6 Å². The summed E-state index contributed by atoms with van der Waals surface area (Å²) in [5.74, 6) is -3.06. The van der Waals surface area contributed by atoms with Gasteiger partial charge in [-0.3, -0.25) is 23.9 Å². The van der Waals surface area contributed by atoms with Gasteiger partial charge < -0.3 is 48.8 Å². The Labute approximate surface area is 210 Å². The summed E-state index contributed by atoms with van der Waals surface area (Å²) >= 11 is 0.676. The van der Waals surface area contributed by atoms with Crippen molar-refractivity contribution in [1.82, 2.24) is 4.72 Å². The van der Waals surface area contributed by atoms with Gasteiger partial charge in [0.1, 0.15) is 31.0 Å². The van der Waals surface area contributed by atoms with Crippen molar-refractivity contribution < 1.29 is 68.0 Å². The van der Waals surface area contributed by atoms with Gasteiger partial charge in [-0.25, -0.2) is 0 Å². The van der Waals surface area contributed by atoms with E-state index >= 15 is 0 Å². The first-order valence-corrected chi connectivity index (χ1v) is 11.8. The van der Waals surface area contributed by atoms with Crippen LogP contribution < -0.4 is 4.72 Å². The Bertz CT molecular complexity index is 798. The molecular formula is C20H31NO14S. The molecule has 36 heavy (non-hydrogen) atoms. The fourth-order valence-electron chi connectivity index (χ4n) is 3.67. The van der Waals surface area contributed by atoms with Gasteiger partial charge in [0.2, 0.25) is 0 Å². The van der Waals surface area contributed by atoms with E-state index < -0.39 is 97.6 Å². The van der Waals surface area contributed by atoms with Crippen molar-refractivity contribution >= 4 is 35.8 Å². The molecule has 0 aromatic heterocycles. The third-order valence-electron chi connectivity index (χ3n) is 5.17. The Morgan fingerprint density at radius 2 is 1.33 bits per heavy atom. The molecule has 5 N–H and O–H groups in total. The third kappa shape index (κ3) is 7.97. The lowest BCUT2D eigenvalue weighted by Crippen LogP contribution is -2.64. The Morgan fingerprint density at radius 1 is 0.778 bits per heavy atom. The molecule has 206 valence electrons. The summed E-state index contributed by atoms with van der Waals surface area (Å²) < 4.78 is 34.4. The van der Waals surface area contributed by atoms with Gasteiger partial charge in [0.25, 0.3) is 0 Å². The SMILES string of the molecule is CC(=O)OC[C@H]1O[C@@H](SN[C@@H]2[C@@H](O)[C@H](O)O[C@H](CO)[C@H]2O)[C@H](OC(C)=O)[C@@H](OC(C)=O)[C@@H]1OC(C)=O. The number of aliphatic hydroxyl groups excluding tert-OH is 4. The van der Waals surface area contributed by atoms with Gasteiger partial charge in [-0.2, -0.15) is 0 Å². The minimum Gasteiger partial charge on any atom is -0.463 e. The zero-order valence-electron chi connectivity index (χ0n) is 20.0. The first-order chi connectivity index (χ1) is 16.8. The first kappa shape index (κ1) is 30.2. The monoisotopic (exact) mass is 541 g/mol. The molecule has 2 rings (SSSR count). The van der Waals surface area contributed by atoms with Crippen LogP contribution in [0.5, 0.6) is 0 Å². The molecule has 16 heteroatoms. The van der Waals surface area contributed by atoms with Crippen LogP contribution in [0.4, 0.5) is 0 Å². The normalized spacial score (nSPS) is 36.4. The van der Waals surface area contributed by atoms with E-state index in [0.29, 0.717) is 11.9 Å². The van der Waals surface area contributed by atoms with Crippen LogP contribution in [0, 0.1) is 0 Å². The molecule has 15 nitrogen and oxygen atoms in total. The van der Waals surface area contributed by atoms with Crippen molar-refractivity contribution in [3.05, 3.63) is 0 Å². The molecule has 2 aliphatic heterocycles. The van der Waals surface area contributed by atoms with E-state index in [1.807, 2.05) is 0 Å². The van der Waals surface area contributed by atoms with E-state index in [-0.39, 0.29) is 0 Å². The number of nitrogens with one attached hydrogen (secondary N) is 1. The van der Waals surface area contributed by atoms with Crippen LogP contribution in [0.3, 0.4) is 0 Å². The van der Waals surface area contributed by atoms with Crippen LogP contribution in [-0.2, 0) is 47.6 Å². The first-order valence-electron chi connectivity index (χ1n) is 10.9. The molecule has 10 atom stereocenters. The van der Waals surface area contributed by atoms with E-state index in [2.05, 4.69) is 4.72 Å². The van der Waals surface area contributed by atoms with E-state index in [9.17, 15) is 39.6 Å². The maximum absolute atomic E-state index is 11.9. The van der Waals surface area contributed by atoms with Crippen molar-refractivity contribution in [2.45, 2.75) is 88.2 Å². The largest absolute Gasteiger partial charge is 0.463 e. The summed E-state index contributed by atoms with van der Waals surface area (Å²) in [4.78, 5) is 46.9. The topological polar surface area (TPSA) is 217 Å². The summed E-state index contributed by atoms with van der Waals surface area (Å²) in [5, 5.41) is 40.0. The summed E-state index contributed by atoms with van der Waals surface area (Å²) in [7, 11) is 0. The predicted octanol–water partition coefficient (Wildman–Crippen LogP) is -2.89. The number of ether oxygens (including phenoxy) is 6. The lowest BCUT2D eigenvalue weighted by atomic mass is 9.97. The molecule has 0 unspecified atom stereocenters. The van der Waals surface area contributed by atoms with Gasteiger partial charge >= 0.3 is 23.9 Å². The number of esters is 4. The van der Waals surface area contributed by atoms with Crippen molar-refractivity contribution in [2.24, 2.45) is 0 Å². The highest BCUT2D eigenvalue weighted by Gasteiger charge is 2.53. The van der Waals surface area contributed by atoms with Gasteiger partial charge in [0.15, 0.2) is 30.0 Å². The minimum atomic E-state index is -1.74. The second kappa shape index (κ2) is 13.5. The molecule has 0 amide bonds. The fraction of sp³-hybridized carbons (Fsp3) is 0.800. The quantitative estimate of drug-likeness (QED) is 0.112. The molecule has 0 aromatic carbocycles. The number of rotatable bonds is 9. The molecule has 0 aromatic rings. The number of hydrogen-bond acceptors (Lipinski definition) is 16. The average molecular weight is 542 g/mol. The van der Waals surface area contributed by atoms with E-state index in [0.717, 1.165) is 27.7 Å². The Kier molecular flexibility index (Phi) is 11.3. The predicted molar refractivity (Wildman–Crippen MR) is 116 cm³/mol. The zero-order valence-corrected chi connectivity index (χ0v) is 20.8. The maximum atomic E-state index is 11.9. The van der Waals surface area contributed by atoms with Crippen molar-refractivity contribution in [3.8, 4) is 0 Å². The molecule has 2 heterocycles. The van der Waals surface area contributed by atoms with Gasteiger partial charge in [0, 0.05) is 27.7 Å². The molecule has 0 aliphatic carbocycles. The highest BCUT2D eigenvalue weighted by molar-refractivity contribution is 7.97. The van der Waals surface area contributed by atoms with Crippen molar-refractivity contribution in [3.63, 3.8) is 0 Å². The fourth-order valence-corrected chi connectivity index (χ4v) is 4.78. The van der Waals surface area contributed by atoms with Gasteiger partial charge in [-0.05, 0) is 11.9 Å². The summed E-state index contributed by atoms with van der Waals surface area (Å²) in [5.41, 5.74) is -1.24. The summed E-state index contributed by atoms with van der Waals surface area (Å²) in [6.45, 7) is 3.31. The number of aliphatic hydroxyl groups is 4. The molecular weight excluding hydrogens is 510 g/mol. The highest BCUT2D eigenvalue weighted by atomic mass is 32.2. The zero-order chi connectivity index (χ0) is 27.2. The highest BCUT2D eigenvalue weighted by Crippen LogP contribution is 2.34. The van der Waals surface area contributed by atoms with Gasteiger partial charge in [-0.1, -0.05) is 0 Å². The number of carbonyl (C=O) groups is 4. The van der Waals surface area contributed by atoms with E-state index in [1.165, 1.54) is 0 Å². The summed E-state index contributed by atoms with van der Waals surface area (Å²) in [6.07, 6.45) is -11.4. The molecule has 0 spiro atoms. The van der Waals surface area contributed by atoms with Crippen LogP contribution >= 0.6 is 11.9 Å². The maximum Gasteiger partial charge on any atom is 0.303 e. The molecule has 2 saturated heterocycles. The van der Waals surface area contributed by atoms with E-state index in [1.54, 1.807) is 0 Å². The van der Waals surface area contributed by atoms with Crippen LogP contribution in [0.15, 0.2) is 0 Å². The van der Waals surface area contributed by atoms with E-state index in [4.69, 9.17) is 28.4 Å². The van der Waals surface area contributed by atoms with Crippen LogP contribution in [0.25, 0.3) is 0 Å². The van der Waals surface area contributed by atoms with Crippen LogP contribution in [0.1, 0.15) is 27.7 Å². The Balaban J connectivity index is 2.36. The molecule has 2 aliphatic rings. The molecule has 0 bridgehead atoms. The minimum absolute atomic E-state index is 0.428. The standard InChI is InChI=1S/C20H31NO14S/c1-7(23)30-6-12-16(31-8(2)24)17(32-9(3)25)18(33-10(4)26)20(35-12)36-21-13-14(27)11(5-22)34-19(29)15(13)28/h11-22,27-29H,5-6H2,1-4H3/t11-,12-,13+,14-,15-,16-,17+,18-,19-,20+/m1/s1. The molecule has 0 saturated carbocycles. The smallest absolute Gasteiger partial charge is 0.303 e. The van der Waals surface area contributed by atoms with Crippen LogP contribution in [-0.4, -0.2) is 118 Å². The second-order valence-electron chi connectivity index (χ2n) is 8.06. The molecule has 0 radical (unpaired) electrons. The van der Waals surface area contributed by atoms with Crippen molar-refractivity contribution in [1.29, 1.82) is 0 Å². The summed E-state index contributed by atoms with van der Waals surface area (Å²) in [6, 6.07) is -1.26. The second-order valence-corrected chi connectivity index (χ2v) is 8.99. The lowest BCUT2D eigenvalue weighted by Gasteiger charge is -2.45. The van der Waals surface area contributed by atoms with Crippen molar-refractivity contribution in [2.75, 3.05) is 13.2 Å². The number of hydrogen-bond donors (Lipinski definition) is 5.